The van der Waals surface area contributed by atoms with E-state index in [1.807, 2.05) is 6.92 Å². The molecule has 0 aliphatic rings. The maximum Gasteiger partial charge on any atom is 0.102 e. The highest BCUT2D eigenvalue weighted by Gasteiger charge is 1.73. The van der Waals surface area contributed by atoms with Crippen molar-refractivity contribution in [2.45, 2.75) is 6.92 Å². The summed E-state index contributed by atoms with van der Waals surface area (Å²) in [7, 11) is 0. The summed E-state index contributed by atoms with van der Waals surface area (Å²) in [5.41, 5.74) is 0. The third kappa shape index (κ3) is 2.33. The summed E-state index contributed by atoms with van der Waals surface area (Å²) in [5, 5.41) is 6.50. The number of hydrogen-bond acceptors (Lipinski definition) is 3. The van der Waals surface area contributed by atoms with Crippen LogP contribution in [0.15, 0.2) is 12.4 Å². The van der Waals surface area contributed by atoms with Crippen molar-refractivity contribution in [3.63, 3.8) is 0 Å². The molecule has 46 valence electrons. The van der Waals surface area contributed by atoms with Gasteiger partial charge in [0.25, 0.3) is 0 Å². The monoisotopic (exact) mass is 115 g/mol. The van der Waals surface area contributed by atoms with Gasteiger partial charge in [0.15, 0.2) is 0 Å². The van der Waals surface area contributed by atoms with E-state index in [0.29, 0.717) is 0 Å². The van der Waals surface area contributed by atoms with E-state index in [2.05, 4.69) is 15.9 Å². The Balaban J connectivity index is 0.000000222. The highest BCUT2D eigenvalue weighted by atomic mass is 16.4. The molecule has 0 spiro atoms. The molecule has 4 heteroatoms. The number of nitrogens with two attached hydrogens (primary N) is 1. The van der Waals surface area contributed by atoms with Gasteiger partial charge < -0.3 is 10.2 Å². The van der Waals surface area contributed by atoms with E-state index in [4.69, 9.17) is 5.21 Å². The molecule has 1 aromatic heterocycles. The van der Waals surface area contributed by atoms with Crippen LogP contribution >= 0.6 is 0 Å². The van der Waals surface area contributed by atoms with Crippen molar-refractivity contribution >= 4 is 0 Å². The molecule has 4 N–H and O–H groups in total. The summed E-state index contributed by atoms with van der Waals surface area (Å²) >= 11 is 0. The lowest BCUT2D eigenvalue weighted by Gasteiger charge is -1.68. The van der Waals surface area contributed by atoms with Gasteiger partial charge in [0.05, 0.1) is 0 Å². The molecule has 0 aliphatic carbocycles. The van der Waals surface area contributed by atoms with Gasteiger partial charge in [-0.15, -0.1) is 0 Å². The number of H-pyrrole nitrogens is 1. The van der Waals surface area contributed by atoms with E-state index in [0.717, 1.165) is 5.82 Å². The lowest BCUT2D eigenvalue weighted by atomic mass is 10.8. The summed E-state index contributed by atoms with van der Waals surface area (Å²) in [6.07, 6.45) is 3.53. The van der Waals surface area contributed by atoms with Crippen LogP contribution in [-0.2, 0) is 0 Å². The largest absolute Gasteiger partial charge is 0.349 e. The minimum atomic E-state index is 0.968. The van der Waals surface area contributed by atoms with Crippen LogP contribution in [0.2, 0.25) is 0 Å². The van der Waals surface area contributed by atoms with Gasteiger partial charge >= 0.3 is 0 Å². The second-order valence-electron chi connectivity index (χ2n) is 1.17. The Morgan fingerprint density at radius 1 is 1.75 bits per heavy atom. The summed E-state index contributed by atoms with van der Waals surface area (Å²) in [5.74, 6) is 4.47. The summed E-state index contributed by atoms with van der Waals surface area (Å²) < 4.78 is 0. The SMILES string of the molecule is Cc1ncc[nH]1.NO. The normalized spacial score (nSPS) is 7.38. The van der Waals surface area contributed by atoms with Crippen LogP contribution in [0, 0.1) is 6.92 Å². The van der Waals surface area contributed by atoms with Crippen molar-refractivity contribution in [1.29, 1.82) is 0 Å². The van der Waals surface area contributed by atoms with E-state index in [-0.39, 0.29) is 0 Å². The summed E-state index contributed by atoms with van der Waals surface area (Å²) in [6, 6.07) is 0. The number of rotatable bonds is 0. The zero-order chi connectivity index (χ0) is 6.41. The predicted octanol–water partition coefficient (Wildman–Crippen LogP) is 0.0524. The molecule has 0 fully saturated rings. The highest BCUT2D eigenvalue weighted by molar-refractivity contribution is 4.80. The van der Waals surface area contributed by atoms with Crippen LogP contribution < -0.4 is 5.90 Å². The van der Waals surface area contributed by atoms with Crippen LogP contribution in [-0.4, -0.2) is 15.2 Å². The third-order valence-electron chi connectivity index (χ3n) is 0.635. The quantitative estimate of drug-likeness (QED) is 0.418. The fourth-order valence-corrected chi connectivity index (χ4v) is 0.344. The number of aromatic nitrogens is 2. The predicted molar refractivity (Wildman–Crippen MR) is 29.3 cm³/mol. The molecule has 1 aromatic rings. The highest BCUT2D eigenvalue weighted by Crippen LogP contribution is 1.78. The standard InChI is InChI=1S/C4H6N2.H3NO/c1-4-5-2-3-6-4;1-2/h2-3H,1H3,(H,5,6);2H,1H2. The molecule has 0 saturated carbocycles. The topological polar surface area (TPSA) is 74.9 Å². The van der Waals surface area contributed by atoms with Gasteiger partial charge in [0, 0.05) is 12.4 Å². The summed E-state index contributed by atoms with van der Waals surface area (Å²) in [6.45, 7) is 1.92. The van der Waals surface area contributed by atoms with Gasteiger partial charge in [-0.3, -0.25) is 0 Å². The molecule has 0 aliphatic heterocycles. The van der Waals surface area contributed by atoms with Gasteiger partial charge in [0.2, 0.25) is 0 Å². The molecule has 1 rings (SSSR count). The van der Waals surface area contributed by atoms with Crippen LogP contribution in [0.1, 0.15) is 5.82 Å². The van der Waals surface area contributed by atoms with Crippen molar-refractivity contribution in [1.82, 2.24) is 9.97 Å². The Kier molecular flexibility index (Phi) is 3.83. The Labute approximate surface area is 47.3 Å². The van der Waals surface area contributed by atoms with Gasteiger partial charge in [-0.2, -0.15) is 0 Å². The van der Waals surface area contributed by atoms with Crippen molar-refractivity contribution in [2.75, 3.05) is 0 Å². The molecule has 0 bridgehead atoms. The second-order valence-corrected chi connectivity index (χ2v) is 1.17. The molecule has 8 heavy (non-hydrogen) atoms. The zero-order valence-electron chi connectivity index (χ0n) is 4.63. The van der Waals surface area contributed by atoms with Crippen molar-refractivity contribution in [2.24, 2.45) is 5.90 Å². The van der Waals surface area contributed by atoms with E-state index in [1.165, 1.54) is 0 Å². The molecule has 4 nitrogen and oxygen atoms in total. The van der Waals surface area contributed by atoms with Crippen LogP contribution in [0.4, 0.5) is 0 Å². The van der Waals surface area contributed by atoms with E-state index in [9.17, 15) is 0 Å². The number of nitrogens with zero attached hydrogens (tertiary/aromatic N) is 1. The van der Waals surface area contributed by atoms with Crippen LogP contribution in [0.3, 0.4) is 0 Å². The first-order chi connectivity index (χ1) is 3.89. The van der Waals surface area contributed by atoms with Gasteiger partial charge in [-0.1, -0.05) is 0 Å². The Morgan fingerprint density at radius 3 is 2.50 bits per heavy atom. The Hall–Kier alpha value is -0.870. The third-order valence-corrected chi connectivity index (χ3v) is 0.635. The Bertz CT molecular complexity index is 115. The fraction of sp³-hybridized carbons (Fsp3) is 0.250. The van der Waals surface area contributed by atoms with Crippen LogP contribution in [0.25, 0.3) is 0 Å². The molecule has 1 heterocycles. The molecule has 0 unspecified atom stereocenters. The lowest BCUT2D eigenvalue weighted by molar-refractivity contribution is 0.311. The van der Waals surface area contributed by atoms with Crippen LogP contribution in [0.5, 0.6) is 0 Å². The maximum atomic E-state index is 6.50. The van der Waals surface area contributed by atoms with Gasteiger partial charge in [0.1, 0.15) is 5.82 Å². The lowest BCUT2D eigenvalue weighted by Crippen LogP contribution is -1.72. The minimum absolute atomic E-state index is 0.968. The summed E-state index contributed by atoms with van der Waals surface area (Å²) in [4.78, 5) is 6.75. The van der Waals surface area contributed by atoms with E-state index >= 15 is 0 Å². The van der Waals surface area contributed by atoms with Crippen molar-refractivity contribution in [3.05, 3.63) is 18.2 Å². The Morgan fingerprint density at radius 2 is 2.38 bits per heavy atom. The number of imidazole rings is 1. The number of aromatic amines is 1. The van der Waals surface area contributed by atoms with Gasteiger partial charge in [-0.25, -0.2) is 10.9 Å². The molecule has 0 radical (unpaired) electrons. The fourth-order valence-electron chi connectivity index (χ4n) is 0.344. The van der Waals surface area contributed by atoms with Crippen molar-refractivity contribution in [3.8, 4) is 0 Å². The first kappa shape index (κ1) is 7.13. The maximum absolute atomic E-state index is 6.50. The number of aryl methyl sites for hydroxylation is 1. The van der Waals surface area contributed by atoms with Crippen molar-refractivity contribution < 1.29 is 5.21 Å². The first-order valence-corrected chi connectivity index (χ1v) is 2.11. The van der Waals surface area contributed by atoms with E-state index in [1.54, 1.807) is 12.4 Å². The number of nitrogens with one attached hydrogen (secondary N) is 1. The molecule has 0 amide bonds. The molecular weight excluding hydrogens is 106 g/mol. The average molecular weight is 115 g/mol. The number of hydrogen-bond donors (Lipinski definition) is 3. The smallest absolute Gasteiger partial charge is 0.102 e. The molecule has 0 aromatic carbocycles. The minimum Gasteiger partial charge on any atom is -0.349 e. The second kappa shape index (κ2) is 4.29. The zero-order valence-corrected chi connectivity index (χ0v) is 4.63. The van der Waals surface area contributed by atoms with E-state index < -0.39 is 0 Å². The molecule has 0 saturated heterocycles. The average Bonchev–Trinajstić information content (AvgIpc) is 2.24. The molecular formula is C4H9N3O. The van der Waals surface area contributed by atoms with Gasteiger partial charge in [-0.05, 0) is 6.92 Å². The molecule has 0 atom stereocenters. The first-order valence-electron chi connectivity index (χ1n) is 2.11.